The van der Waals surface area contributed by atoms with Gasteiger partial charge in [0.05, 0.1) is 11.2 Å². The van der Waals surface area contributed by atoms with Gasteiger partial charge in [-0.3, -0.25) is 9.67 Å². The molecule has 0 spiro atoms. The molecular formula is C12H15ClN4O2S. The summed E-state index contributed by atoms with van der Waals surface area (Å²) in [5.41, 5.74) is 1.72. The van der Waals surface area contributed by atoms with Crippen LogP contribution in [0.25, 0.3) is 0 Å². The van der Waals surface area contributed by atoms with Gasteiger partial charge in [0.2, 0.25) is 10.0 Å². The lowest BCUT2D eigenvalue weighted by Gasteiger charge is -2.14. The third-order valence-corrected chi connectivity index (χ3v) is 5.11. The van der Waals surface area contributed by atoms with Crippen LogP contribution in [0.2, 0.25) is 5.02 Å². The number of rotatable bonds is 4. The first kappa shape index (κ1) is 15.0. The number of hydrogen-bond donors (Lipinski definition) is 1. The minimum Gasteiger partial charge on any atom is -0.273 e. The van der Waals surface area contributed by atoms with E-state index in [9.17, 15) is 8.42 Å². The summed E-state index contributed by atoms with van der Waals surface area (Å²) in [5, 5.41) is 4.24. The van der Waals surface area contributed by atoms with Crippen LogP contribution in [0.5, 0.6) is 0 Å². The Morgan fingerprint density at radius 3 is 2.65 bits per heavy atom. The van der Waals surface area contributed by atoms with Crippen molar-refractivity contribution in [1.29, 1.82) is 0 Å². The minimum atomic E-state index is -3.73. The summed E-state index contributed by atoms with van der Waals surface area (Å²) in [4.78, 5) is 3.76. The molecule has 0 saturated heterocycles. The lowest BCUT2D eigenvalue weighted by atomic mass is 10.1. The van der Waals surface area contributed by atoms with Gasteiger partial charge in [-0.15, -0.1) is 0 Å². The number of hydrogen-bond acceptors (Lipinski definition) is 4. The van der Waals surface area contributed by atoms with E-state index in [-0.39, 0.29) is 9.92 Å². The van der Waals surface area contributed by atoms with E-state index < -0.39 is 16.1 Å². The standard InChI is InChI=1S/C12H15ClN4O2S/c1-8(10-6-15-17(3)9(10)2)16-20(18,19)12-7-14-5-4-11(12)13/h4-8,16H,1-3H3. The van der Waals surface area contributed by atoms with E-state index in [1.807, 2.05) is 6.92 Å². The van der Waals surface area contributed by atoms with Gasteiger partial charge in [0.25, 0.3) is 0 Å². The van der Waals surface area contributed by atoms with E-state index in [0.717, 1.165) is 11.3 Å². The Bertz CT molecular complexity index is 727. The Kier molecular flexibility index (Phi) is 4.12. The van der Waals surface area contributed by atoms with Crippen molar-refractivity contribution < 1.29 is 8.42 Å². The van der Waals surface area contributed by atoms with Crippen LogP contribution in [0.1, 0.15) is 24.2 Å². The first-order chi connectivity index (χ1) is 9.33. The van der Waals surface area contributed by atoms with Crippen molar-refractivity contribution in [3.05, 3.63) is 40.9 Å². The van der Waals surface area contributed by atoms with Gasteiger partial charge >= 0.3 is 0 Å². The van der Waals surface area contributed by atoms with Crippen LogP contribution < -0.4 is 4.72 Å². The van der Waals surface area contributed by atoms with E-state index >= 15 is 0 Å². The molecule has 2 heterocycles. The van der Waals surface area contributed by atoms with Gasteiger partial charge in [-0.25, -0.2) is 13.1 Å². The van der Waals surface area contributed by atoms with Crippen molar-refractivity contribution in [2.24, 2.45) is 7.05 Å². The molecule has 0 aliphatic rings. The SMILES string of the molecule is Cc1c(C(C)NS(=O)(=O)c2cnccc2Cl)cnn1C. The topological polar surface area (TPSA) is 76.9 Å². The van der Waals surface area contributed by atoms with Crippen LogP contribution in [-0.4, -0.2) is 23.2 Å². The van der Waals surface area contributed by atoms with Crippen molar-refractivity contribution in [2.45, 2.75) is 24.8 Å². The highest BCUT2D eigenvalue weighted by molar-refractivity contribution is 7.89. The zero-order valence-corrected chi connectivity index (χ0v) is 12.9. The van der Waals surface area contributed by atoms with Crippen LogP contribution in [0, 0.1) is 6.92 Å². The maximum atomic E-state index is 12.3. The maximum Gasteiger partial charge on any atom is 0.244 e. The lowest BCUT2D eigenvalue weighted by molar-refractivity contribution is 0.566. The Balaban J connectivity index is 2.29. The molecule has 2 aromatic rings. The Labute approximate surface area is 122 Å². The summed E-state index contributed by atoms with van der Waals surface area (Å²) in [7, 11) is -1.92. The smallest absolute Gasteiger partial charge is 0.244 e. The molecule has 1 atom stereocenters. The number of aromatic nitrogens is 3. The van der Waals surface area contributed by atoms with Gasteiger partial charge in [0, 0.05) is 36.7 Å². The molecule has 0 bridgehead atoms. The van der Waals surface area contributed by atoms with E-state index in [1.165, 1.54) is 18.5 Å². The van der Waals surface area contributed by atoms with Crippen molar-refractivity contribution in [1.82, 2.24) is 19.5 Å². The zero-order valence-electron chi connectivity index (χ0n) is 11.3. The molecule has 108 valence electrons. The molecule has 0 radical (unpaired) electrons. The summed E-state index contributed by atoms with van der Waals surface area (Å²) >= 11 is 5.90. The van der Waals surface area contributed by atoms with Crippen LogP contribution in [0.3, 0.4) is 0 Å². The summed E-state index contributed by atoms with van der Waals surface area (Å²) in [6.07, 6.45) is 4.32. The zero-order chi connectivity index (χ0) is 14.9. The Hall–Kier alpha value is -1.44. The number of nitrogens with one attached hydrogen (secondary N) is 1. The molecule has 2 aromatic heterocycles. The predicted molar refractivity (Wildman–Crippen MR) is 75.9 cm³/mol. The maximum absolute atomic E-state index is 12.3. The fourth-order valence-electron chi connectivity index (χ4n) is 1.86. The highest BCUT2D eigenvalue weighted by Gasteiger charge is 2.23. The molecule has 20 heavy (non-hydrogen) atoms. The van der Waals surface area contributed by atoms with Crippen molar-refractivity contribution in [2.75, 3.05) is 0 Å². The number of sulfonamides is 1. The molecule has 2 rings (SSSR count). The van der Waals surface area contributed by atoms with Gasteiger partial charge in [-0.05, 0) is 19.9 Å². The summed E-state index contributed by atoms with van der Waals surface area (Å²) in [6.45, 7) is 3.63. The molecule has 0 aliphatic carbocycles. The molecule has 1 N–H and O–H groups in total. The van der Waals surface area contributed by atoms with Gasteiger partial charge in [0.1, 0.15) is 4.90 Å². The fraction of sp³-hybridized carbons (Fsp3) is 0.333. The minimum absolute atomic E-state index is 0.0324. The quantitative estimate of drug-likeness (QED) is 0.933. The molecular weight excluding hydrogens is 300 g/mol. The molecule has 0 aromatic carbocycles. The molecule has 0 fully saturated rings. The molecule has 0 aliphatic heterocycles. The fourth-order valence-corrected chi connectivity index (χ4v) is 3.51. The van der Waals surface area contributed by atoms with Crippen molar-refractivity contribution in [3.63, 3.8) is 0 Å². The summed E-state index contributed by atoms with van der Waals surface area (Å²) in [6, 6.07) is 1.03. The summed E-state index contributed by atoms with van der Waals surface area (Å²) < 4.78 is 28.9. The molecule has 6 nitrogen and oxygen atoms in total. The summed E-state index contributed by atoms with van der Waals surface area (Å²) in [5.74, 6) is 0. The second kappa shape index (κ2) is 5.51. The van der Waals surface area contributed by atoms with Gasteiger partial charge in [0.15, 0.2) is 0 Å². The molecule has 0 saturated carbocycles. The van der Waals surface area contributed by atoms with Crippen molar-refractivity contribution >= 4 is 21.6 Å². The van der Waals surface area contributed by atoms with Crippen molar-refractivity contribution in [3.8, 4) is 0 Å². The first-order valence-electron chi connectivity index (χ1n) is 5.93. The Morgan fingerprint density at radius 2 is 2.10 bits per heavy atom. The van der Waals surface area contributed by atoms with Gasteiger partial charge in [-0.1, -0.05) is 11.6 Å². The average molecular weight is 315 g/mol. The van der Waals surface area contributed by atoms with Gasteiger partial charge in [-0.2, -0.15) is 5.10 Å². The number of halogens is 1. The molecule has 0 amide bonds. The second-order valence-electron chi connectivity index (χ2n) is 4.46. The van der Waals surface area contributed by atoms with Crippen LogP contribution >= 0.6 is 11.6 Å². The third kappa shape index (κ3) is 2.84. The van der Waals surface area contributed by atoms with Crippen LogP contribution in [0.15, 0.2) is 29.6 Å². The van der Waals surface area contributed by atoms with E-state index in [0.29, 0.717) is 0 Å². The average Bonchev–Trinajstić information content (AvgIpc) is 2.70. The monoisotopic (exact) mass is 314 g/mol. The predicted octanol–water partition coefficient (Wildman–Crippen LogP) is 1.82. The molecule has 1 unspecified atom stereocenters. The Morgan fingerprint density at radius 1 is 1.40 bits per heavy atom. The number of aryl methyl sites for hydroxylation is 1. The first-order valence-corrected chi connectivity index (χ1v) is 7.79. The highest BCUT2D eigenvalue weighted by atomic mass is 35.5. The largest absolute Gasteiger partial charge is 0.273 e. The van der Waals surface area contributed by atoms with Crippen LogP contribution in [-0.2, 0) is 17.1 Å². The number of pyridine rings is 1. The van der Waals surface area contributed by atoms with E-state index in [4.69, 9.17) is 11.6 Å². The van der Waals surface area contributed by atoms with E-state index in [2.05, 4.69) is 14.8 Å². The van der Waals surface area contributed by atoms with Crippen LogP contribution in [0.4, 0.5) is 0 Å². The second-order valence-corrected chi connectivity index (χ2v) is 6.55. The normalized spacial score (nSPS) is 13.4. The number of nitrogens with zero attached hydrogens (tertiary/aromatic N) is 3. The molecule has 8 heteroatoms. The van der Waals surface area contributed by atoms with Gasteiger partial charge < -0.3 is 0 Å². The lowest BCUT2D eigenvalue weighted by Crippen LogP contribution is -2.27. The third-order valence-electron chi connectivity index (χ3n) is 3.10. The van der Waals surface area contributed by atoms with E-state index in [1.54, 1.807) is 24.9 Å². The highest BCUT2D eigenvalue weighted by Crippen LogP contribution is 2.23.